The molecule has 0 aromatic heterocycles. The normalized spacial score (nSPS) is 18.4. The number of hydrogen-bond donors (Lipinski definition) is 1. The van der Waals surface area contributed by atoms with Crippen molar-refractivity contribution < 1.29 is 0 Å². The first-order chi connectivity index (χ1) is 9.75. The molecule has 1 atom stereocenters. The molecule has 0 radical (unpaired) electrons. The first kappa shape index (κ1) is 12.6. The Hall–Kier alpha value is -2.42. The molecule has 0 spiro atoms. The van der Waals surface area contributed by atoms with Gasteiger partial charge in [0.15, 0.2) is 0 Å². The van der Waals surface area contributed by atoms with Gasteiger partial charge in [-0.05, 0) is 18.1 Å². The van der Waals surface area contributed by atoms with E-state index in [0.29, 0.717) is 5.84 Å². The number of aryl methyl sites for hydroxylation is 1. The summed E-state index contributed by atoms with van der Waals surface area (Å²) in [5.41, 5.74) is 10.5. The summed E-state index contributed by atoms with van der Waals surface area (Å²) >= 11 is 0. The van der Waals surface area contributed by atoms with Gasteiger partial charge in [-0.25, -0.2) is 0 Å². The Kier molecular flexibility index (Phi) is 3.33. The van der Waals surface area contributed by atoms with Crippen LogP contribution < -0.4 is 5.73 Å². The molecule has 3 nitrogen and oxygen atoms in total. The Morgan fingerprint density at radius 3 is 2.40 bits per heavy atom. The summed E-state index contributed by atoms with van der Waals surface area (Å²) in [6.45, 7) is 2.10. The summed E-state index contributed by atoms with van der Waals surface area (Å²) in [4.78, 5) is 0. The van der Waals surface area contributed by atoms with Gasteiger partial charge >= 0.3 is 0 Å². The van der Waals surface area contributed by atoms with Gasteiger partial charge in [0, 0.05) is 17.9 Å². The van der Waals surface area contributed by atoms with E-state index in [2.05, 4.69) is 41.4 Å². The van der Waals surface area contributed by atoms with E-state index < -0.39 is 0 Å². The van der Waals surface area contributed by atoms with Crippen molar-refractivity contribution >= 4 is 11.5 Å². The fraction of sp³-hybridized carbons (Fsp3) is 0.176. The van der Waals surface area contributed by atoms with Gasteiger partial charge in [0.25, 0.3) is 0 Å². The molecule has 0 saturated heterocycles. The molecule has 20 heavy (non-hydrogen) atoms. The lowest BCUT2D eigenvalue weighted by molar-refractivity contribution is 0.886. The zero-order valence-corrected chi connectivity index (χ0v) is 11.5. The predicted molar refractivity (Wildman–Crippen MR) is 83.1 cm³/mol. The molecule has 2 aromatic carbocycles. The maximum absolute atomic E-state index is 5.88. The molecule has 1 aliphatic rings. The van der Waals surface area contributed by atoms with Crippen LogP contribution in [0.4, 0.5) is 0 Å². The fourth-order valence-corrected chi connectivity index (χ4v) is 2.60. The molecule has 100 valence electrons. The zero-order chi connectivity index (χ0) is 13.9. The minimum atomic E-state index is 0.176. The maximum atomic E-state index is 5.88. The SMILES string of the molecule is Cc1ccccc1C1=NN=C(N)CC1c1ccccc1. The van der Waals surface area contributed by atoms with Crippen LogP contribution in [-0.2, 0) is 0 Å². The summed E-state index contributed by atoms with van der Waals surface area (Å²) in [5, 5.41) is 8.47. The number of amidine groups is 1. The van der Waals surface area contributed by atoms with Gasteiger partial charge in [0.2, 0.25) is 0 Å². The van der Waals surface area contributed by atoms with E-state index in [4.69, 9.17) is 5.73 Å². The molecule has 2 N–H and O–H groups in total. The molecule has 0 aliphatic carbocycles. The van der Waals surface area contributed by atoms with E-state index >= 15 is 0 Å². The second kappa shape index (κ2) is 5.29. The molecule has 1 unspecified atom stereocenters. The van der Waals surface area contributed by atoms with Crippen LogP contribution in [0.15, 0.2) is 64.8 Å². The molecule has 2 aromatic rings. The van der Waals surface area contributed by atoms with Crippen molar-refractivity contribution in [1.82, 2.24) is 0 Å². The first-order valence-corrected chi connectivity index (χ1v) is 6.76. The van der Waals surface area contributed by atoms with E-state index in [1.165, 1.54) is 11.1 Å². The highest BCUT2D eigenvalue weighted by Crippen LogP contribution is 2.29. The van der Waals surface area contributed by atoms with Gasteiger partial charge in [0.1, 0.15) is 5.84 Å². The smallest absolute Gasteiger partial charge is 0.123 e. The molecule has 0 bridgehead atoms. The van der Waals surface area contributed by atoms with Crippen molar-refractivity contribution in [2.75, 3.05) is 0 Å². The van der Waals surface area contributed by atoms with E-state index in [0.717, 1.165) is 17.7 Å². The summed E-state index contributed by atoms with van der Waals surface area (Å²) in [6, 6.07) is 18.6. The van der Waals surface area contributed by atoms with Crippen LogP contribution in [0.2, 0.25) is 0 Å². The number of hydrogen-bond acceptors (Lipinski definition) is 3. The van der Waals surface area contributed by atoms with Crippen LogP contribution in [0, 0.1) is 6.92 Å². The van der Waals surface area contributed by atoms with Gasteiger partial charge in [0.05, 0.1) is 5.71 Å². The van der Waals surface area contributed by atoms with Gasteiger partial charge in [-0.15, -0.1) is 5.10 Å². The van der Waals surface area contributed by atoms with Crippen LogP contribution >= 0.6 is 0 Å². The molecular weight excluding hydrogens is 246 g/mol. The standard InChI is InChI=1S/C17H17N3/c1-12-7-5-6-10-14(12)17-15(11-16(18)19-20-17)13-8-3-2-4-9-13/h2-10,15H,11H2,1H3,(H2,18,19). The van der Waals surface area contributed by atoms with Gasteiger partial charge in [-0.3, -0.25) is 0 Å². The van der Waals surface area contributed by atoms with Gasteiger partial charge < -0.3 is 5.73 Å². The third-order valence-corrected chi connectivity index (χ3v) is 3.65. The van der Waals surface area contributed by atoms with Gasteiger partial charge in [-0.2, -0.15) is 5.10 Å². The monoisotopic (exact) mass is 263 g/mol. The lowest BCUT2D eigenvalue weighted by atomic mass is 9.85. The van der Waals surface area contributed by atoms with Gasteiger partial charge in [-0.1, -0.05) is 54.6 Å². The molecule has 3 rings (SSSR count). The van der Waals surface area contributed by atoms with Crippen LogP contribution in [0.3, 0.4) is 0 Å². The number of rotatable bonds is 2. The lowest BCUT2D eigenvalue weighted by Gasteiger charge is -2.23. The maximum Gasteiger partial charge on any atom is 0.123 e. The highest BCUT2D eigenvalue weighted by atomic mass is 15.2. The Bertz CT molecular complexity index is 672. The minimum Gasteiger partial charge on any atom is -0.386 e. The van der Waals surface area contributed by atoms with Crippen molar-refractivity contribution in [2.45, 2.75) is 19.3 Å². The number of nitrogens with zero attached hydrogens (tertiary/aromatic N) is 2. The number of nitrogens with two attached hydrogens (primary N) is 1. The Balaban J connectivity index is 2.08. The van der Waals surface area contributed by atoms with Crippen molar-refractivity contribution in [1.29, 1.82) is 0 Å². The van der Waals surface area contributed by atoms with Crippen LogP contribution in [0.25, 0.3) is 0 Å². The second-order valence-corrected chi connectivity index (χ2v) is 5.06. The third-order valence-electron chi connectivity index (χ3n) is 3.65. The molecule has 0 amide bonds. The highest BCUT2D eigenvalue weighted by Gasteiger charge is 2.25. The summed E-state index contributed by atoms with van der Waals surface area (Å²) < 4.78 is 0. The first-order valence-electron chi connectivity index (χ1n) is 6.76. The van der Waals surface area contributed by atoms with Crippen molar-refractivity contribution in [3.05, 3.63) is 71.3 Å². The van der Waals surface area contributed by atoms with Crippen LogP contribution in [-0.4, -0.2) is 11.5 Å². The quantitative estimate of drug-likeness (QED) is 0.888. The third kappa shape index (κ3) is 2.35. The second-order valence-electron chi connectivity index (χ2n) is 5.06. The number of benzene rings is 2. The lowest BCUT2D eigenvalue weighted by Crippen LogP contribution is -2.26. The molecule has 1 aliphatic heterocycles. The molecular formula is C17H17N3. The predicted octanol–water partition coefficient (Wildman–Crippen LogP) is 3.24. The van der Waals surface area contributed by atoms with E-state index in [-0.39, 0.29) is 5.92 Å². The highest BCUT2D eigenvalue weighted by molar-refractivity contribution is 6.09. The Labute approximate surface area is 118 Å². The largest absolute Gasteiger partial charge is 0.386 e. The summed E-state index contributed by atoms with van der Waals surface area (Å²) in [6.07, 6.45) is 0.719. The summed E-state index contributed by atoms with van der Waals surface area (Å²) in [5.74, 6) is 0.769. The molecule has 3 heteroatoms. The van der Waals surface area contributed by atoms with Crippen molar-refractivity contribution in [3.63, 3.8) is 0 Å². The van der Waals surface area contributed by atoms with Crippen LogP contribution in [0.1, 0.15) is 29.0 Å². The topological polar surface area (TPSA) is 50.7 Å². The van der Waals surface area contributed by atoms with E-state index in [1.54, 1.807) is 0 Å². The minimum absolute atomic E-state index is 0.176. The molecule has 0 saturated carbocycles. The Morgan fingerprint density at radius 2 is 1.65 bits per heavy atom. The zero-order valence-electron chi connectivity index (χ0n) is 11.5. The van der Waals surface area contributed by atoms with Crippen LogP contribution in [0.5, 0.6) is 0 Å². The molecule has 1 heterocycles. The fourth-order valence-electron chi connectivity index (χ4n) is 2.60. The average molecular weight is 263 g/mol. The Morgan fingerprint density at radius 1 is 0.950 bits per heavy atom. The van der Waals surface area contributed by atoms with Crippen molar-refractivity contribution in [3.8, 4) is 0 Å². The van der Waals surface area contributed by atoms with Crippen molar-refractivity contribution in [2.24, 2.45) is 15.9 Å². The average Bonchev–Trinajstić information content (AvgIpc) is 2.49. The summed E-state index contributed by atoms with van der Waals surface area (Å²) in [7, 11) is 0. The van der Waals surface area contributed by atoms with E-state index in [9.17, 15) is 0 Å². The molecule has 0 fully saturated rings. The van der Waals surface area contributed by atoms with E-state index in [1.807, 2.05) is 30.3 Å².